The number of hydrogen-bond donors (Lipinski definition) is 0. The molecule has 0 aromatic heterocycles. The first kappa shape index (κ1) is 7.70. The third-order valence-electron chi connectivity index (χ3n) is 2.59. The third-order valence-corrected chi connectivity index (χ3v) is 2.59. The van der Waals surface area contributed by atoms with Crippen LogP contribution in [0.25, 0.3) is 0 Å². The molecular weight excluding hydrogens is 103 g/mol. The van der Waals surface area contributed by atoms with E-state index >= 15 is 0 Å². The normalized spacial score (nSPS) is 26.1. The van der Waals surface area contributed by atoms with Crippen molar-refractivity contribution in [1.82, 2.24) is 0 Å². The first-order valence-corrected chi connectivity index (χ1v) is 4.30. The Balaban J connectivity index is 2.23. The van der Waals surface area contributed by atoms with Crippen LogP contribution in [-0.2, 0) is 0 Å². The number of hydrogen-bond acceptors (Lipinski definition) is 0. The molecule has 0 radical (unpaired) electrons. The van der Waals surface area contributed by atoms with Gasteiger partial charge in [0, 0.05) is 0 Å². The molecule has 48 valence electrons. The van der Waals surface area contributed by atoms with Crippen LogP contribution in [0, 0.1) is 5.92 Å². The van der Waals surface area contributed by atoms with Crippen molar-refractivity contribution in [3.63, 3.8) is 0 Å². The van der Waals surface area contributed by atoms with Gasteiger partial charge >= 0.3 is 67.3 Å². The van der Waals surface area contributed by atoms with E-state index in [9.17, 15) is 0 Å². The molecule has 0 heterocycles. The fourth-order valence-electron chi connectivity index (χ4n) is 1.80. The maximum atomic E-state index is 2.36. The molecule has 1 atom stereocenters. The molecule has 0 saturated heterocycles. The van der Waals surface area contributed by atoms with Crippen molar-refractivity contribution in [2.24, 2.45) is 5.92 Å². The van der Waals surface area contributed by atoms with Gasteiger partial charge in [-0.2, -0.15) is 0 Å². The summed E-state index contributed by atoms with van der Waals surface area (Å²) in [7, 11) is 0. The zero-order valence-electron chi connectivity index (χ0n) is 6.69. The van der Waals surface area contributed by atoms with E-state index in [0.717, 1.165) is 10.5 Å². The average molecular weight is 118 g/mol. The van der Waals surface area contributed by atoms with Crippen molar-refractivity contribution >= 4 is 17.7 Å². The van der Waals surface area contributed by atoms with Gasteiger partial charge in [-0.25, -0.2) is 0 Å². The van der Waals surface area contributed by atoms with Crippen LogP contribution in [0.1, 0.15) is 39.0 Å². The zero-order chi connectivity index (χ0) is 6.69. The maximum absolute atomic E-state index is 2.36. The summed E-state index contributed by atoms with van der Waals surface area (Å²) in [6, 6.07) is 0. The second-order valence-electron chi connectivity index (χ2n) is 3.64. The van der Waals surface area contributed by atoms with Gasteiger partial charge in [-0.1, -0.05) is 0 Å². The molecule has 0 nitrogen and oxygen atoms in total. The quantitative estimate of drug-likeness (QED) is 0.464. The molecule has 1 aliphatic rings. The van der Waals surface area contributed by atoms with Crippen LogP contribution in [0.15, 0.2) is 0 Å². The second kappa shape index (κ2) is 3.69. The summed E-state index contributed by atoms with van der Waals surface area (Å²) >= 11 is 2.36. The summed E-state index contributed by atoms with van der Waals surface area (Å²) in [6.45, 7) is 2.36. The van der Waals surface area contributed by atoms with Gasteiger partial charge in [0.05, 0.1) is 0 Å². The average Bonchev–Trinajstić information content (AvgIpc) is 1.90. The summed E-state index contributed by atoms with van der Waals surface area (Å²) in [5, 5.41) is 0. The number of rotatable bonds is 1. The van der Waals surface area contributed by atoms with Crippen molar-refractivity contribution in [2.45, 2.75) is 43.6 Å². The summed E-state index contributed by atoms with van der Waals surface area (Å²) in [6.07, 6.45) is 7.46. The van der Waals surface area contributed by atoms with E-state index in [1.54, 1.807) is 0 Å². The molecule has 0 aromatic carbocycles. The zero-order valence-corrected chi connectivity index (χ0v) is 6.69. The van der Waals surface area contributed by atoms with Gasteiger partial charge < -0.3 is 0 Å². The molecule has 0 aliphatic heterocycles. The van der Waals surface area contributed by atoms with Crippen LogP contribution >= 0.6 is 0 Å². The summed E-state index contributed by atoms with van der Waals surface area (Å²) in [5.74, 6) is 1.05. The van der Waals surface area contributed by atoms with E-state index in [2.05, 4.69) is 24.6 Å². The third kappa shape index (κ3) is 2.36. The van der Waals surface area contributed by atoms with Gasteiger partial charge in [0.2, 0.25) is 0 Å². The minimum absolute atomic E-state index is 0.935. The Labute approximate surface area is 67.6 Å². The molecule has 1 rings (SSSR count). The fourth-order valence-corrected chi connectivity index (χ4v) is 1.80. The van der Waals surface area contributed by atoms with E-state index in [1.165, 1.54) is 32.1 Å². The van der Waals surface area contributed by atoms with E-state index in [1.807, 2.05) is 0 Å². The Morgan fingerprint density at radius 2 is 1.78 bits per heavy atom. The second-order valence-corrected chi connectivity index (χ2v) is 3.64. The topological polar surface area (TPSA) is 0 Å². The van der Waals surface area contributed by atoms with Crippen LogP contribution in [0.2, 0.25) is 4.59 Å². The predicted octanol–water partition coefficient (Wildman–Crippen LogP) is 2.54. The van der Waals surface area contributed by atoms with Crippen LogP contribution in [0.3, 0.4) is 0 Å². The Bertz CT molecular complexity index is 72.6. The monoisotopic (exact) mass is 118 g/mol. The Morgan fingerprint density at radius 3 is 2.11 bits per heavy atom. The van der Waals surface area contributed by atoms with E-state index < -0.39 is 0 Å². The van der Waals surface area contributed by atoms with Crippen LogP contribution < -0.4 is 0 Å². The van der Waals surface area contributed by atoms with Gasteiger partial charge in [0.15, 0.2) is 0 Å². The van der Waals surface area contributed by atoms with Crippen molar-refractivity contribution in [3.05, 3.63) is 0 Å². The molecule has 0 spiro atoms. The molecule has 0 bridgehead atoms. The molecule has 0 N–H and O–H groups in total. The Morgan fingerprint density at radius 1 is 1.22 bits per heavy atom. The predicted molar refractivity (Wildman–Crippen MR) is 41.8 cm³/mol. The first-order valence-electron chi connectivity index (χ1n) is 4.30. The standard InChI is InChI=1S/C8H15.Li/c1-2-8-6-4-3-5-7-8;/h2,8H,3-7H2,1H3;. The van der Waals surface area contributed by atoms with E-state index in [0.29, 0.717) is 0 Å². The van der Waals surface area contributed by atoms with Gasteiger partial charge in [0.1, 0.15) is 0 Å². The molecule has 0 aromatic rings. The molecule has 9 heavy (non-hydrogen) atoms. The van der Waals surface area contributed by atoms with Crippen LogP contribution in [-0.4, -0.2) is 17.7 Å². The molecule has 1 heteroatoms. The summed E-state index contributed by atoms with van der Waals surface area (Å²) in [5.41, 5.74) is 0. The van der Waals surface area contributed by atoms with Gasteiger partial charge in [-0.3, -0.25) is 0 Å². The molecule has 1 unspecified atom stereocenters. The van der Waals surface area contributed by atoms with Crippen molar-refractivity contribution in [1.29, 1.82) is 0 Å². The van der Waals surface area contributed by atoms with Crippen molar-refractivity contribution < 1.29 is 0 Å². The van der Waals surface area contributed by atoms with Gasteiger partial charge in [-0.15, -0.1) is 0 Å². The molecule has 1 saturated carbocycles. The molecule has 1 fully saturated rings. The van der Waals surface area contributed by atoms with E-state index in [-0.39, 0.29) is 0 Å². The van der Waals surface area contributed by atoms with Crippen molar-refractivity contribution in [2.75, 3.05) is 0 Å². The fraction of sp³-hybridized carbons (Fsp3) is 1.00. The summed E-state index contributed by atoms with van der Waals surface area (Å²) < 4.78 is 0.935. The van der Waals surface area contributed by atoms with Gasteiger partial charge in [-0.05, 0) is 0 Å². The van der Waals surface area contributed by atoms with Crippen LogP contribution in [0.5, 0.6) is 0 Å². The molecule has 1 aliphatic carbocycles. The van der Waals surface area contributed by atoms with E-state index in [4.69, 9.17) is 0 Å². The van der Waals surface area contributed by atoms with Gasteiger partial charge in [0.25, 0.3) is 0 Å². The molecule has 0 amide bonds. The SMILES string of the molecule is [Li][CH](C)C1CCCCC1. The van der Waals surface area contributed by atoms with Crippen molar-refractivity contribution in [3.8, 4) is 0 Å². The van der Waals surface area contributed by atoms with Crippen LogP contribution in [0.4, 0.5) is 0 Å². The Kier molecular flexibility index (Phi) is 3.16. The molecular formula is C8H15Li. The Hall–Kier alpha value is 0.597. The first-order chi connectivity index (χ1) is 4.30. The summed E-state index contributed by atoms with van der Waals surface area (Å²) in [4.78, 5) is 0. The minimum atomic E-state index is 0.935.